The molecule has 3 aromatic rings. The third-order valence-corrected chi connectivity index (χ3v) is 6.72. The van der Waals surface area contributed by atoms with Crippen LogP contribution < -0.4 is 14.8 Å². The van der Waals surface area contributed by atoms with E-state index in [1.54, 1.807) is 36.4 Å². The summed E-state index contributed by atoms with van der Waals surface area (Å²) in [6.45, 7) is 3.96. The van der Waals surface area contributed by atoms with E-state index >= 15 is 0 Å². The van der Waals surface area contributed by atoms with Gasteiger partial charge in [-0.3, -0.25) is 4.79 Å². The summed E-state index contributed by atoms with van der Waals surface area (Å²) in [5.41, 5.74) is 0.366. The van der Waals surface area contributed by atoms with Crippen LogP contribution in [-0.2, 0) is 29.0 Å². The second-order valence-electron chi connectivity index (χ2n) is 10.4. The predicted octanol–water partition coefficient (Wildman–Crippen LogP) is 5.08. The van der Waals surface area contributed by atoms with Gasteiger partial charge in [-0.05, 0) is 71.8 Å². The van der Waals surface area contributed by atoms with Crippen LogP contribution in [0, 0.1) is 11.2 Å². The van der Waals surface area contributed by atoms with E-state index in [1.807, 2.05) is 26.0 Å². The Balaban J connectivity index is 1.65. The fourth-order valence-corrected chi connectivity index (χ4v) is 5.10. The fourth-order valence-electron chi connectivity index (χ4n) is 5.10. The number of nitrogens with one attached hydrogen (secondary N) is 1. The zero-order chi connectivity index (χ0) is 27.5. The quantitative estimate of drug-likeness (QED) is 0.361. The van der Waals surface area contributed by atoms with Crippen molar-refractivity contribution in [1.29, 1.82) is 0 Å². The van der Waals surface area contributed by atoms with Gasteiger partial charge in [0.25, 0.3) is 5.91 Å². The molecule has 200 valence electrons. The van der Waals surface area contributed by atoms with Gasteiger partial charge in [0.15, 0.2) is 0 Å². The van der Waals surface area contributed by atoms with Crippen molar-refractivity contribution < 1.29 is 33.3 Å². The van der Waals surface area contributed by atoms with Gasteiger partial charge in [-0.25, -0.2) is 9.18 Å². The third-order valence-electron chi connectivity index (χ3n) is 6.72. The standard InChI is InChI=1S/C30H32FNO6/c1-29(2,15-20-13-22(31)9-12-26(20)37-4)18-30(35,16-19-7-5-6-8-25(19)36-3)28(34)32-23-10-11-24-21(14-23)17-38-27(24)33/h5-14,35H,15-18H2,1-4H3,(H,32,34). The van der Waals surface area contributed by atoms with Gasteiger partial charge in [-0.15, -0.1) is 0 Å². The number of cyclic esters (lactones) is 1. The highest BCUT2D eigenvalue weighted by Crippen LogP contribution is 2.38. The maximum Gasteiger partial charge on any atom is 0.338 e. The number of halogens is 1. The number of esters is 1. The van der Waals surface area contributed by atoms with E-state index < -0.39 is 28.7 Å². The Morgan fingerprint density at radius 3 is 2.45 bits per heavy atom. The number of carbonyl (C=O) groups excluding carboxylic acids is 2. The molecule has 2 N–H and O–H groups in total. The Morgan fingerprint density at radius 1 is 1.00 bits per heavy atom. The van der Waals surface area contributed by atoms with E-state index in [9.17, 15) is 19.1 Å². The SMILES string of the molecule is COc1ccc(F)cc1CC(C)(C)CC(O)(Cc1ccccc1OC)C(=O)Nc1ccc2c(c1)COC2=O. The van der Waals surface area contributed by atoms with Crippen LogP contribution >= 0.6 is 0 Å². The van der Waals surface area contributed by atoms with Gasteiger partial charge in [0.1, 0.15) is 29.5 Å². The molecule has 3 aromatic carbocycles. The van der Waals surface area contributed by atoms with Gasteiger partial charge in [0.05, 0.1) is 19.8 Å². The largest absolute Gasteiger partial charge is 0.496 e. The van der Waals surface area contributed by atoms with Crippen molar-refractivity contribution >= 4 is 17.6 Å². The second kappa shape index (κ2) is 10.8. The number of benzene rings is 3. The lowest BCUT2D eigenvalue weighted by Crippen LogP contribution is -2.48. The minimum Gasteiger partial charge on any atom is -0.496 e. The first-order valence-corrected chi connectivity index (χ1v) is 12.3. The number of hydrogen-bond acceptors (Lipinski definition) is 6. The molecular weight excluding hydrogens is 489 g/mol. The molecule has 0 spiro atoms. The molecule has 7 nitrogen and oxygen atoms in total. The fraction of sp³-hybridized carbons (Fsp3) is 0.333. The van der Waals surface area contributed by atoms with Crippen LogP contribution in [0.4, 0.5) is 10.1 Å². The number of rotatable bonds is 10. The summed E-state index contributed by atoms with van der Waals surface area (Å²) in [4.78, 5) is 25.5. The van der Waals surface area contributed by atoms with Crippen LogP contribution in [0.2, 0.25) is 0 Å². The summed E-state index contributed by atoms with van der Waals surface area (Å²) in [5.74, 6) is -0.311. The second-order valence-corrected chi connectivity index (χ2v) is 10.4. The molecule has 0 aromatic heterocycles. The lowest BCUT2D eigenvalue weighted by molar-refractivity contribution is -0.137. The first-order valence-electron chi connectivity index (χ1n) is 12.3. The van der Waals surface area contributed by atoms with E-state index in [1.165, 1.54) is 26.4 Å². The van der Waals surface area contributed by atoms with Crippen molar-refractivity contribution in [1.82, 2.24) is 0 Å². The summed E-state index contributed by atoms with van der Waals surface area (Å²) in [7, 11) is 3.05. The van der Waals surface area contributed by atoms with Crippen molar-refractivity contribution in [2.24, 2.45) is 5.41 Å². The van der Waals surface area contributed by atoms with Crippen molar-refractivity contribution in [3.05, 3.63) is 88.7 Å². The molecule has 1 aliphatic heterocycles. The summed E-state index contributed by atoms with van der Waals surface area (Å²) >= 11 is 0. The van der Waals surface area contributed by atoms with Gasteiger partial charge in [-0.2, -0.15) is 0 Å². The first kappa shape index (κ1) is 27.1. The molecule has 1 heterocycles. The number of aliphatic hydroxyl groups is 1. The van der Waals surface area contributed by atoms with Crippen LogP contribution in [-0.4, -0.2) is 36.8 Å². The maximum absolute atomic E-state index is 14.0. The Labute approximate surface area is 221 Å². The van der Waals surface area contributed by atoms with Crippen LogP contribution in [0.3, 0.4) is 0 Å². The molecular formula is C30H32FNO6. The lowest BCUT2D eigenvalue weighted by Gasteiger charge is -2.36. The Hall–Kier alpha value is -3.91. The summed E-state index contributed by atoms with van der Waals surface area (Å²) in [6, 6.07) is 16.4. The number of fused-ring (bicyclic) bond motifs is 1. The topological polar surface area (TPSA) is 94.1 Å². The van der Waals surface area contributed by atoms with Crippen LogP contribution in [0.5, 0.6) is 11.5 Å². The molecule has 0 saturated heterocycles. The number of amides is 1. The molecule has 0 bridgehead atoms. The molecule has 4 rings (SSSR count). The number of hydrogen-bond donors (Lipinski definition) is 2. The summed E-state index contributed by atoms with van der Waals surface area (Å²) < 4.78 is 30.0. The first-order chi connectivity index (χ1) is 18.0. The summed E-state index contributed by atoms with van der Waals surface area (Å²) in [5, 5.41) is 14.8. The molecule has 0 saturated carbocycles. The number of anilines is 1. The predicted molar refractivity (Wildman–Crippen MR) is 141 cm³/mol. The maximum atomic E-state index is 14.0. The highest BCUT2D eigenvalue weighted by molar-refractivity contribution is 5.99. The Morgan fingerprint density at radius 2 is 1.71 bits per heavy atom. The van der Waals surface area contributed by atoms with E-state index in [4.69, 9.17) is 14.2 Å². The van der Waals surface area contributed by atoms with Gasteiger partial charge in [0, 0.05) is 17.7 Å². The zero-order valence-electron chi connectivity index (χ0n) is 22.0. The van der Waals surface area contributed by atoms with E-state index in [-0.39, 0.29) is 19.4 Å². The molecule has 1 atom stereocenters. The lowest BCUT2D eigenvalue weighted by atomic mass is 9.73. The smallest absolute Gasteiger partial charge is 0.338 e. The van der Waals surface area contributed by atoms with Gasteiger partial charge in [0.2, 0.25) is 0 Å². The number of para-hydroxylation sites is 1. The monoisotopic (exact) mass is 521 g/mol. The molecule has 8 heteroatoms. The normalized spacial score (nSPS) is 14.3. The average molecular weight is 522 g/mol. The van der Waals surface area contributed by atoms with Gasteiger partial charge < -0.3 is 24.6 Å². The third kappa shape index (κ3) is 5.97. The molecule has 1 amide bonds. The Kier molecular flexibility index (Phi) is 7.73. The van der Waals surface area contributed by atoms with Crippen LogP contribution in [0.25, 0.3) is 0 Å². The van der Waals surface area contributed by atoms with E-state index in [0.29, 0.717) is 45.9 Å². The van der Waals surface area contributed by atoms with E-state index in [2.05, 4.69) is 5.32 Å². The highest BCUT2D eigenvalue weighted by atomic mass is 19.1. The van der Waals surface area contributed by atoms with Crippen LogP contribution in [0.1, 0.15) is 47.3 Å². The minimum atomic E-state index is -1.86. The molecule has 1 unspecified atom stereocenters. The summed E-state index contributed by atoms with van der Waals surface area (Å²) in [6.07, 6.45) is 0.392. The Bertz CT molecular complexity index is 1350. The minimum absolute atomic E-state index is 0.0148. The van der Waals surface area contributed by atoms with Crippen molar-refractivity contribution in [3.63, 3.8) is 0 Å². The van der Waals surface area contributed by atoms with Crippen molar-refractivity contribution in [2.45, 2.75) is 45.3 Å². The van der Waals surface area contributed by atoms with Crippen molar-refractivity contribution in [3.8, 4) is 11.5 Å². The highest BCUT2D eigenvalue weighted by Gasteiger charge is 2.42. The molecule has 38 heavy (non-hydrogen) atoms. The molecule has 0 fully saturated rings. The average Bonchev–Trinajstić information content (AvgIpc) is 3.23. The number of carbonyl (C=O) groups is 2. The van der Waals surface area contributed by atoms with Crippen molar-refractivity contribution in [2.75, 3.05) is 19.5 Å². The van der Waals surface area contributed by atoms with Gasteiger partial charge in [-0.1, -0.05) is 32.0 Å². The molecule has 0 radical (unpaired) electrons. The van der Waals surface area contributed by atoms with Crippen LogP contribution in [0.15, 0.2) is 60.7 Å². The molecule has 0 aliphatic carbocycles. The number of methoxy groups -OCH3 is 2. The number of ether oxygens (including phenoxy) is 3. The van der Waals surface area contributed by atoms with E-state index in [0.717, 1.165) is 0 Å². The van der Waals surface area contributed by atoms with Gasteiger partial charge >= 0.3 is 5.97 Å². The zero-order valence-corrected chi connectivity index (χ0v) is 22.0. The molecule has 1 aliphatic rings.